The van der Waals surface area contributed by atoms with E-state index in [-0.39, 0.29) is 22.5 Å². The Bertz CT molecular complexity index is 578. The van der Waals surface area contributed by atoms with Crippen molar-refractivity contribution in [2.45, 2.75) is 27.2 Å². The summed E-state index contributed by atoms with van der Waals surface area (Å²) in [7, 11) is 0. The van der Waals surface area contributed by atoms with Gasteiger partial charge in [0.25, 0.3) is 0 Å². The molecule has 1 amide bonds. The van der Waals surface area contributed by atoms with Gasteiger partial charge in [-0.2, -0.15) is 0 Å². The number of nitrogens with one attached hydrogen (secondary N) is 1. The van der Waals surface area contributed by atoms with Crippen LogP contribution in [-0.4, -0.2) is 17.0 Å². The predicted molar refractivity (Wildman–Crippen MR) is 77.9 cm³/mol. The van der Waals surface area contributed by atoms with Crippen LogP contribution in [0.15, 0.2) is 16.6 Å². The van der Waals surface area contributed by atoms with Gasteiger partial charge in [-0.1, -0.05) is 13.8 Å². The molecule has 116 valence electrons. The van der Waals surface area contributed by atoms with Crippen molar-refractivity contribution in [3.05, 3.63) is 28.2 Å². The summed E-state index contributed by atoms with van der Waals surface area (Å²) in [5.74, 6) is -3.75. The Morgan fingerprint density at radius 1 is 1.33 bits per heavy atom. The minimum atomic E-state index is -1.27. The fraction of sp³-hybridized carbons (Fsp3) is 0.429. The minimum absolute atomic E-state index is 0.00376. The number of halogens is 3. The molecule has 1 atom stereocenters. The fourth-order valence-electron chi connectivity index (χ4n) is 1.67. The van der Waals surface area contributed by atoms with Gasteiger partial charge in [-0.05, 0) is 34.8 Å². The molecule has 0 spiro atoms. The molecule has 0 saturated carbocycles. The molecule has 0 aliphatic rings. The lowest BCUT2D eigenvalue weighted by molar-refractivity contribution is -0.153. The highest BCUT2D eigenvalue weighted by molar-refractivity contribution is 9.10. The van der Waals surface area contributed by atoms with Gasteiger partial charge in [-0.15, -0.1) is 0 Å². The van der Waals surface area contributed by atoms with Crippen molar-refractivity contribution < 1.29 is 23.5 Å². The molecule has 1 aromatic carbocycles. The maximum atomic E-state index is 13.5. The third kappa shape index (κ3) is 4.00. The molecule has 4 nitrogen and oxygen atoms in total. The van der Waals surface area contributed by atoms with Gasteiger partial charge in [0.15, 0.2) is 0 Å². The molecule has 1 unspecified atom stereocenters. The van der Waals surface area contributed by atoms with Crippen molar-refractivity contribution in [2.24, 2.45) is 11.3 Å². The first kappa shape index (κ1) is 17.6. The maximum Gasteiger partial charge on any atom is 0.310 e. The second-order valence-electron chi connectivity index (χ2n) is 5.35. The van der Waals surface area contributed by atoms with Crippen molar-refractivity contribution in [2.75, 3.05) is 5.32 Å². The number of aliphatic carboxylic acids is 1. The number of anilines is 1. The van der Waals surface area contributed by atoms with Gasteiger partial charge in [0.1, 0.15) is 11.6 Å². The lowest BCUT2D eigenvalue weighted by atomic mass is 9.76. The van der Waals surface area contributed by atoms with Gasteiger partial charge in [-0.25, -0.2) is 8.78 Å². The van der Waals surface area contributed by atoms with Gasteiger partial charge >= 0.3 is 5.97 Å². The SMILES string of the molecule is CC(C)C(C)(CC(=O)Nc1cc(Br)c(F)cc1F)C(=O)O. The molecule has 0 bridgehead atoms. The van der Waals surface area contributed by atoms with Crippen molar-refractivity contribution in [3.8, 4) is 0 Å². The van der Waals surface area contributed by atoms with E-state index in [9.17, 15) is 23.5 Å². The molecule has 0 aliphatic heterocycles. The monoisotopic (exact) mass is 363 g/mol. The van der Waals surface area contributed by atoms with Crippen LogP contribution in [0.4, 0.5) is 14.5 Å². The Morgan fingerprint density at radius 3 is 2.38 bits per heavy atom. The number of benzene rings is 1. The molecule has 0 radical (unpaired) electrons. The maximum absolute atomic E-state index is 13.5. The second kappa shape index (κ2) is 6.51. The summed E-state index contributed by atoms with van der Waals surface area (Å²) in [5.41, 5.74) is -1.47. The highest BCUT2D eigenvalue weighted by Crippen LogP contribution is 2.32. The molecule has 0 heterocycles. The summed E-state index contributed by atoms with van der Waals surface area (Å²) < 4.78 is 26.7. The van der Waals surface area contributed by atoms with Gasteiger partial charge < -0.3 is 10.4 Å². The smallest absolute Gasteiger partial charge is 0.310 e. The minimum Gasteiger partial charge on any atom is -0.481 e. The zero-order valence-electron chi connectivity index (χ0n) is 11.8. The topological polar surface area (TPSA) is 66.4 Å². The molecule has 7 heteroatoms. The third-order valence-corrected chi connectivity index (χ3v) is 4.18. The number of hydrogen-bond donors (Lipinski definition) is 2. The number of hydrogen-bond acceptors (Lipinski definition) is 2. The van der Waals surface area contributed by atoms with Crippen molar-refractivity contribution >= 4 is 33.5 Å². The van der Waals surface area contributed by atoms with Gasteiger partial charge in [0, 0.05) is 12.5 Å². The van der Waals surface area contributed by atoms with Crippen molar-refractivity contribution in [1.29, 1.82) is 0 Å². The van der Waals surface area contributed by atoms with E-state index in [1.165, 1.54) is 6.92 Å². The number of rotatable bonds is 5. The van der Waals surface area contributed by atoms with E-state index in [0.717, 1.165) is 6.07 Å². The quantitative estimate of drug-likeness (QED) is 0.781. The Balaban J connectivity index is 2.92. The fourth-order valence-corrected chi connectivity index (χ4v) is 2.02. The molecule has 1 rings (SSSR count). The summed E-state index contributed by atoms with van der Waals surface area (Å²) >= 11 is 2.89. The highest BCUT2D eigenvalue weighted by atomic mass is 79.9. The van der Waals surface area contributed by atoms with Crippen LogP contribution < -0.4 is 5.32 Å². The van der Waals surface area contributed by atoms with Crippen LogP contribution in [-0.2, 0) is 9.59 Å². The Labute approximate surface area is 129 Å². The normalized spacial score (nSPS) is 13.9. The van der Waals surface area contributed by atoms with E-state index in [1.54, 1.807) is 13.8 Å². The largest absolute Gasteiger partial charge is 0.481 e. The number of carboxylic acid groups (broad SMARTS) is 1. The molecule has 2 N–H and O–H groups in total. The third-order valence-electron chi connectivity index (χ3n) is 3.57. The Morgan fingerprint density at radius 2 is 1.90 bits per heavy atom. The zero-order chi connectivity index (χ0) is 16.4. The first-order valence-electron chi connectivity index (χ1n) is 6.25. The molecular formula is C14H16BrF2NO3. The van der Waals surface area contributed by atoms with Crippen LogP contribution in [0.2, 0.25) is 0 Å². The van der Waals surface area contributed by atoms with Crippen LogP contribution >= 0.6 is 15.9 Å². The summed E-state index contributed by atoms with van der Waals surface area (Å²) in [6, 6.07) is 1.73. The average Bonchev–Trinajstić information content (AvgIpc) is 2.35. The molecule has 0 aromatic heterocycles. The molecule has 0 fully saturated rings. The highest BCUT2D eigenvalue weighted by Gasteiger charge is 2.38. The summed E-state index contributed by atoms with van der Waals surface area (Å²) in [6.07, 6.45) is -0.311. The number of amides is 1. The van der Waals surface area contributed by atoms with E-state index >= 15 is 0 Å². The lowest BCUT2D eigenvalue weighted by Gasteiger charge is -2.28. The molecule has 0 aliphatic carbocycles. The first-order chi connectivity index (χ1) is 9.57. The first-order valence-corrected chi connectivity index (χ1v) is 7.05. The molecular weight excluding hydrogens is 348 g/mol. The predicted octanol–water partition coefficient (Wildman–Crippen LogP) is 3.80. The summed E-state index contributed by atoms with van der Waals surface area (Å²) in [5, 5.41) is 11.5. The van der Waals surface area contributed by atoms with E-state index in [1.807, 2.05) is 0 Å². The summed E-state index contributed by atoms with van der Waals surface area (Å²) in [6.45, 7) is 4.84. The van der Waals surface area contributed by atoms with Gasteiger partial charge in [0.05, 0.1) is 15.6 Å². The van der Waals surface area contributed by atoms with Crippen molar-refractivity contribution in [3.63, 3.8) is 0 Å². The van der Waals surface area contributed by atoms with Gasteiger partial charge in [-0.3, -0.25) is 9.59 Å². The van der Waals surface area contributed by atoms with Crippen molar-refractivity contribution in [1.82, 2.24) is 0 Å². The lowest BCUT2D eigenvalue weighted by Crippen LogP contribution is -2.37. The van der Waals surface area contributed by atoms with E-state index in [4.69, 9.17) is 0 Å². The van der Waals surface area contributed by atoms with E-state index < -0.39 is 28.9 Å². The standard InChI is InChI=1S/C14H16BrF2NO3/c1-7(2)14(3,13(20)21)6-12(19)18-11-4-8(15)9(16)5-10(11)17/h4-5,7H,6H2,1-3H3,(H,18,19)(H,20,21). The summed E-state index contributed by atoms with van der Waals surface area (Å²) in [4.78, 5) is 23.2. The van der Waals surface area contributed by atoms with Crippen LogP contribution in [0.5, 0.6) is 0 Å². The van der Waals surface area contributed by atoms with Crippen LogP contribution in [0.3, 0.4) is 0 Å². The van der Waals surface area contributed by atoms with Crippen LogP contribution in [0.25, 0.3) is 0 Å². The number of carbonyl (C=O) groups excluding carboxylic acids is 1. The Kier molecular flexibility index (Phi) is 5.44. The van der Waals surface area contributed by atoms with E-state index in [0.29, 0.717) is 6.07 Å². The van der Waals surface area contributed by atoms with Crippen LogP contribution in [0.1, 0.15) is 27.2 Å². The zero-order valence-corrected chi connectivity index (χ0v) is 13.4. The molecule has 0 saturated heterocycles. The Hall–Kier alpha value is -1.50. The molecule has 1 aromatic rings. The second-order valence-corrected chi connectivity index (χ2v) is 6.20. The van der Waals surface area contributed by atoms with Gasteiger partial charge in [0.2, 0.25) is 5.91 Å². The number of carboxylic acids is 1. The molecule has 21 heavy (non-hydrogen) atoms. The average molecular weight is 364 g/mol. The van der Waals surface area contributed by atoms with E-state index in [2.05, 4.69) is 21.2 Å². The number of carbonyl (C=O) groups is 2. The van der Waals surface area contributed by atoms with Crippen LogP contribution in [0, 0.1) is 23.0 Å².